The van der Waals surface area contributed by atoms with Crippen LogP contribution in [0.5, 0.6) is 0 Å². The molecule has 1 aromatic rings. The maximum absolute atomic E-state index is 12.9. The number of sulfonamides is 1. The molecule has 1 aliphatic heterocycles. The fourth-order valence-corrected chi connectivity index (χ4v) is 4.34. The van der Waals surface area contributed by atoms with Crippen LogP contribution in [0.2, 0.25) is 5.02 Å². The van der Waals surface area contributed by atoms with Gasteiger partial charge in [0.2, 0.25) is 15.9 Å². The van der Waals surface area contributed by atoms with E-state index in [1.54, 1.807) is 0 Å². The molecule has 0 unspecified atom stereocenters. The van der Waals surface area contributed by atoms with Crippen molar-refractivity contribution in [3.63, 3.8) is 0 Å². The maximum atomic E-state index is 12.9. The molecule has 2 rings (SSSR count). The molecular formula is C15H18ClF3N2O4S. The first kappa shape index (κ1) is 20.9. The van der Waals surface area contributed by atoms with Crippen LogP contribution in [0.25, 0.3) is 0 Å². The summed E-state index contributed by atoms with van der Waals surface area (Å²) in [5.74, 6) is -1.35. The van der Waals surface area contributed by atoms with Gasteiger partial charge in [-0.2, -0.15) is 17.5 Å². The van der Waals surface area contributed by atoms with Gasteiger partial charge in [0.05, 0.1) is 18.1 Å². The first-order chi connectivity index (χ1) is 12.0. The fraction of sp³-hybridized carbons (Fsp3) is 0.533. The number of hydrogen-bond acceptors (Lipinski definition) is 4. The Labute approximate surface area is 154 Å². The Morgan fingerprint density at radius 3 is 2.31 bits per heavy atom. The van der Waals surface area contributed by atoms with Crippen LogP contribution >= 0.6 is 11.6 Å². The summed E-state index contributed by atoms with van der Waals surface area (Å²) in [5, 5.41) is 0.298. The molecule has 146 valence electrons. The summed E-state index contributed by atoms with van der Waals surface area (Å²) < 4.78 is 69.4. The molecule has 2 N–H and O–H groups in total. The summed E-state index contributed by atoms with van der Waals surface area (Å²) in [6.45, 7) is 0.366. The summed E-state index contributed by atoms with van der Waals surface area (Å²) in [5.41, 5.74) is 5.24. The smallest absolute Gasteiger partial charge is 0.381 e. The number of alkyl halides is 3. The highest BCUT2D eigenvalue weighted by Crippen LogP contribution is 2.28. The van der Waals surface area contributed by atoms with Crippen molar-refractivity contribution in [1.29, 1.82) is 0 Å². The van der Waals surface area contributed by atoms with E-state index in [2.05, 4.69) is 0 Å². The van der Waals surface area contributed by atoms with E-state index < -0.39 is 41.0 Å². The average molecular weight is 415 g/mol. The molecule has 0 aromatic heterocycles. The third-order valence-corrected chi connectivity index (χ3v) is 6.08. The summed E-state index contributed by atoms with van der Waals surface area (Å²) in [7, 11) is -4.25. The lowest BCUT2D eigenvalue weighted by Crippen LogP contribution is -2.52. The number of nitrogens with zero attached hydrogens (tertiary/aromatic N) is 1. The maximum Gasteiger partial charge on any atom is 0.389 e. The summed E-state index contributed by atoms with van der Waals surface area (Å²) in [4.78, 5) is 11.6. The molecule has 26 heavy (non-hydrogen) atoms. The van der Waals surface area contributed by atoms with Gasteiger partial charge in [-0.15, -0.1) is 0 Å². The van der Waals surface area contributed by atoms with Crippen LogP contribution in [0, 0.1) is 5.92 Å². The topological polar surface area (TPSA) is 89.7 Å². The number of rotatable bonds is 8. The Bertz CT molecular complexity index is 736. The van der Waals surface area contributed by atoms with Crippen LogP contribution in [0.4, 0.5) is 13.2 Å². The van der Waals surface area contributed by atoms with Gasteiger partial charge in [-0.25, -0.2) is 8.42 Å². The summed E-state index contributed by atoms with van der Waals surface area (Å²) in [6.07, 6.45) is -6.61. The number of primary amides is 1. The lowest BCUT2D eigenvalue weighted by Gasteiger charge is -2.35. The number of benzene rings is 1. The highest BCUT2D eigenvalue weighted by atomic mass is 35.5. The number of hydrogen-bond donors (Lipinski definition) is 1. The van der Waals surface area contributed by atoms with Gasteiger partial charge in [-0.05, 0) is 30.7 Å². The zero-order valence-electron chi connectivity index (χ0n) is 13.6. The second-order valence-electron chi connectivity index (χ2n) is 6.00. The highest BCUT2D eigenvalue weighted by molar-refractivity contribution is 7.89. The summed E-state index contributed by atoms with van der Waals surface area (Å²) in [6, 6.07) is 3.52. The van der Waals surface area contributed by atoms with Crippen LogP contribution in [0.3, 0.4) is 0 Å². The standard InChI is InChI=1S/C15H18ClF3N2O4S/c16-11-1-3-12(4-2-11)26(23,24)21(7-10-8-25-9-10)13(14(20)22)5-6-15(17,18)19/h1-4,10,13H,5-9H2,(H2,20,22)/t13-/m0/s1. The molecule has 0 bridgehead atoms. The van der Waals surface area contributed by atoms with E-state index in [9.17, 15) is 26.4 Å². The van der Waals surface area contributed by atoms with Crippen molar-refractivity contribution >= 4 is 27.5 Å². The second-order valence-corrected chi connectivity index (χ2v) is 8.33. The van der Waals surface area contributed by atoms with Gasteiger partial charge in [-0.1, -0.05) is 11.6 Å². The fourth-order valence-electron chi connectivity index (χ4n) is 2.51. The van der Waals surface area contributed by atoms with Crippen LogP contribution in [-0.4, -0.2) is 50.6 Å². The van der Waals surface area contributed by atoms with Crippen LogP contribution < -0.4 is 5.73 Å². The Morgan fingerprint density at radius 2 is 1.88 bits per heavy atom. The largest absolute Gasteiger partial charge is 0.389 e. The van der Waals surface area contributed by atoms with E-state index in [1.165, 1.54) is 24.3 Å². The van der Waals surface area contributed by atoms with E-state index in [1.807, 2.05) is 0 Å². The Hall–Kier alpha value is -1.36. The van der Waals surface area contributed by atoms with Crippen LogP contribution in [0.15, 0.2) is 29.2 Å². The Kier molecular flexibility index (Phi) is 6.54. The monoisotopic (exact) mass is 414 g/mol. The third kappa shape index (κ3) is 5.32. The molecule has 1 aliphatic rings. The molecule has 1 amide bonds. The van der Waals surface area contributed by atoms with Gasteiger partial charge < -0.3 is 10.5 Å². The second kappa shape index (κ2) is 8.12. The zero-order chi connectivity index (χ0) is 19.5. The van der Waals surface area contributed by atoms with Gasteiger partial charge in [0.25, 0.3) is 0 Å². The molecule has 1 saturated heterocycles. The van der Waals surface area contributed by atoms with E-state index in [4.69, 9.17) is 22.1 Å². The predicted molar refractivity (Wildman–Crippen MR) is 87.9 cm³/mol. The van der Waals surface area contributed by atoms with E-state index in [0.29, 0.717) is 5.02 Å². The number of halogens is 4. The van der Waals surface area contributed by atoms with Crippen molar-refractivity contribution in [1.82, 2.24) is 4.31 Å². The normalized spacial score (nSPS) is 17.1. The van der Waals surface area contributed by atoms with Gasteiger partial charge in [0.1, 0.15) is 6.04 Å². The average Bonchev–Trinajstić information content (AvgIpc) is 2.47. The number of ether oxygens (including phenoxy) is 1. The van der Waals surface area contributed by atoms with Crippen molar-refractivity contribution in [2.24, 2.45) is 11.7 Å². The number of carbonyl (C=O) groups excluding carboxylic acids is 1. The molecular weight excluding hydrogens is 397 g/mol. The minimum Gasteiger partial charge on any atom is -0.381 e. The predicted octanol–water partition coefficient (Wildman–Crippen LogP) is 2.17. The first-order valence-electron chi connectivity index (χ1n) is 7.72. The van der Waals surface area contributed by atoms with Gasteiger partial charge in [-0.3, -0.25) is 4.79 Å². The van der Waals surface area contributed by atoms with E-state index >= 15 is 0 Å². The zero-order valence-corrected chi connectivity index (χ0v) is 15.1. The first-order valence-corrected chi connectivity index (χ1v) is 9.54. The molecule has 0 aliphatic carbocycles. The van der Waals surface area contributed by atoms with Crippen LogP contribution in [0.1, 0.15) is 12.8 Å². The molecule has 0 radical (unpaired) electrons. The van der Waals surface area contributed by atoms with Crippen LogP contribution in [-0.2, 0) is 19.6 Å². The molecule has 1 aromatic carbocycles. The number of amides is 1. The number of nitrogens with two attached hydrogens (primary N) is 1. The third-order valence-electron chi connectivity index (χ3n) is 3.94. The Balaban J connectivity index is 2.35. The molecule has 1 heterocycles. The lowest BCUT2D eigenvalue weighted by atomic mass is 10.1. The van der Waals surface area contributed by atoms with Crippen molar-refractivity contribution in [2.45, 2.75) is 30.0 Å². The van der Waals surface area contributed by atoms with Gasteiger partial charge in [0, 0.05) is 23.9 Å². The quantitative estimate of drug-likeness (QED) is 0.706. The van der Waals surface area contributed by atoms with Gasteiger partial charge in [0.15, 0.2) is 0 Å². The molecule has 1 atom stereocenters. The SMILES string of the molecule is NC(=O)[C@H](CCC(F)(F)F)N(CC1COC1)S(=O)(=O)c1ccc(Cl)cc1. The Morgan fingerprint density at radius 1 is 1.31 bits per heavy atom. The van der Waals surface area contributed by atoms with Crippen molar-refractivity contribution < 1.29 is 31.1 Å². The summed E-state index contributed by atoms with van der Waals surface area (Å²) >= 11 is 5.75. The van der Waals surface area contributed by atoms with E-state index in [0.717, 1.165) is 4.31 Å². The van der Waals surface area contributed by atoms with E-state index in [-0.39, 0.29) is 30.6 Å². The van der Waals surface area contributed by atoms with Crippen molar-refractivity contribution in [2.75, 3.05) is 19.8 Å². The van der Waals surface area contributed by atoms with Crippen molar-refractivity contribution in [3.8, 4) is 0 Å². The molecule has 0 spiro atoms. The van der Waals surface area contributed by atoms with Crippen molar-refractivity contribution in [3.05, 3.63) is 29.3 Å². The minimum absolute atomic E-state index is 0.156. The molecule has 11 heteroatoms. The minimum atomic E-state index is -4.54. The lowest BCUT2D eigenvalue weighted by molar-refractivity contribution is -0.140. The molecule has 0 saturated carbocycles. The molecule has 6 nitrogen and oxygen atoms in total. The molecule has 1 fully saturated rings. The highest BCUT2D eigenvalue weighted by Gasteiger charge is 2.40. The van der Waals surface area contributed by atoms with Gasteiger partial charge >= 0.3 is 6.18 Å². The number of carbonyl (C=O) groups is 1.